The maximum absolute atomic E-state index is 9.94. The maximum Gasteiger partial charge on any atom is 0.489 e. The predicted molar refractivity (Wildman–Crippen MR) is 90.0 cm³/mol. The molecule has 5 nitrogen and oxygen atoms in total. The summed E-state index contributed by atoms with van der Waals surface area (Å²) in [5.41, 5.74) is 2.21. The molecule has 122 valence electrons. The topological polar surface area (TPSA) is 67.5 Å². The van der Waals surface area contributed by atoms with Crippen LogP contribution in [0.1, 0.15) is 56.2 Å². The SMILES string of the molecule is OB(O)c1c(C2CCC2)c(Cl)cc2c1cnn2C1CCCCO1. The summed E-state index contributed by atoms with van der Waals surface area (Å²) < 4.78 is 7.64. The summed E-state index contributed by atoms with van der Waals surface area (Å²) in [4.78, 5) is 0. The molecule has 1 aliphatic heterocycles. The van der Waals surface area contributed by atoms with Gasteiger partial charge in [-0.1, -0.05) is 18.0 Å². The lowest BCUT2D eigenvalue weighted by Gasteiger charge is -2.29. The van der Waals surface area contributed by atoms with Crippen LogP contribution in [0.5, 0.6) is 0 Å². The number of ether oxygens (including phenoxy) is 1. The average molecular weight is 335 g/mol. The van der Waals surface area contributed by atoms with Crippen molar-refractivity contribution in [2.75, 3.05) is 6.61 Å². The summed E-state index contributed by atoms with van der Waals surface area (Å²) in [6.45, 7) is 0.732. The van der Waals surface area contributed by atoms with E-state index < -0.39 is 7.12 Å². The molecule has 2 heterocycles. The molecule has 2 N–H and O–H groups in total. The van der Waals surface area contributed by atoms with E-state index in [1.165, 1.54) is 0 Å². The summed E-state index contributed by atoms with van der Waals surface area (Å²) in [5, 5.41) is 25.7. The lowest BCUT2D eigenvalue weighted by molar-refractivity contribution is -0.0366. The van der Waals surface area contributed by atoms with E-state index in [-0.39, 0.29) is 6.23 Å². The summed E-state index contributed by atoms with van der Waals surface area (Å²) in [5.74, 6) is 0.318. The van der Waals surface area contributed by atoms with Crippen molar-refractivity contribution in [1.29, 1.82) is 0 Å². The van der Waals surface area contributed by atoms with Gasteiger partial charge < -0.3 is 14.8 Å². The van der Waals surface area contributed by atoms with Gasteiger partial charge in [0.15, 0.2) is 6.23 Å². The first-order valence-corrected chi connectivity index (χ1v) is 8.72. The van der Waals surface area contributed by atoms with Crippen LogP contribution in [-0.4, -0.2) is 33.6 Å². The van der Waals surface area contributed by atoms with Crippen molar-refractivity contribution in [3.05, 3.63) is 22.8 Å². The van der Waals surface area contributed by atoms with Crippen molar-refractivity contribution in [1.82, 2.24) is 9.78 Å². The molecule has 0 bridgehead atoms. The van der Waals surface area contributed by atoms with Crippen LogP contribution >= 0.6 is 11.6 Å². The summed E-state index contributed by atoms with van der Waals surface area (Å²) in [6.07, 6.45) is 7.95. The largest absolute Gasteiger partial charge is 0.489 e. The number of aromatic nitrogens is 2. The fourth-order valence-corrected chi connectivity index (χ4v) is 4.09. The van der Waals surface area contributed by atoms with Gasteiger partial charge in [0.1, 0.15) is 0 Å². The fraction of sp³-hybridized carbons (Fsp3) is 0.562. The summed E-state index contributed by atoms with van der Waals surface area (Å²) >= 11 is 6.52. The Labute approximate surface area is 140 Å². The smallest absolute Gasteiger partial charge is 0.423 e. The molecule has 1 aromatic carbocycles. The quantitative estimate of drug-likeness (QED) is 0.846. The summed E-state index contributed by atoms with van der Waals surface area (Å²) in [6, 6.07) is 1.90. The normalized spacial score (nSPS) is 22.3. The van der Waals surface area contributed by atoms with Gasteiger partial charge in [0.05, 0.1) is 11.7 Å². The first kappa shape index (κ1) is 15.5. The van der Waals surface area contributed by atoms with Crippen molar-refractivity contribution in [2.45, 2.75) is 50.7 Å². The van der Waals surface area contributed by atoms with E-state index in [4.69, 9.17) is 16.3 Å². The van der Waals surface area contributed by atoms with Crippen LogP contribution in [0.25, 0.3) is 10.9 Å². The molecule has 1 aromatic heterocycles. The molecule has 0 spiro atoms. The van der Waals surface area contributed by atoms with Crippen molar-refractivity contribution < 1.29 is 14.8 Å². The molecule has 2 aliphatic rings. The van der Waals surface area contributed by atoms with Gasteiger partial charge >= 0.3 is 7.12 Å². The third-order valence-corrected chi connectivity index (χ3v) is 5.45. The van der Waals surface area contributed by atoms with Crippen LogP contribution in [0.4, 0.5) is 0 Å². The van der Waals surface area contributed by atoms with Crippen LogP contribution in [0, 0.1) is 0 Å². The minimum Gasteiger partial charge on any atom is -0.423 e. The Balaban J connectivity index is 1.87. The molecule has 1 saturated carbocycles. The molecule has 4 rings (SSSR count). The van der Waals surface area contributed by atoms with Gasteiger partial charge in [0.2, 0.25) is 0 Å². The number of rotatable bonds is 3. The highest BCUT2D eigenvalue weighted by Gasteiger charge is 2.32. The standard InChI is InChI=1S/C16H20BClN2O3/c18-12-8-13-11(9-19-20(13)14-6-1-2-7-23-14)16(17(21)22)15(12)10-4-3-5-10/h8-10,14,21-22H,1-7H2. The van der Waals surface area contributed by atoms with E-state index in [1.807, 2.05) is 10.7 Å². The first-order valence-electron chi connectivity index (χ1n) is 8.34. The average Bonchev–Trinajstić information content (AvgIpc) is 2.89. The molecule has 7 heteroatoms. The van der Waals surface area contributed by atoms with E-state index in [9.17, 15) is 10.0 Å². The number of hydrogen-bond acceptors (Lipinski definition) is 4. The highest BCUT2D eigenvalue weighted by atomic mass is 35.5. The molecule has 1 atom stereocenters. The number of halogens is 1. The third-order valence-electron chi connectivity index (χ3n) is 5.14. The van der Waals surface area contributed by atoms with E-state index in [2.05, 4.69) is 5.10 Å². The number of hydrogen-bond donors (Lipinski definition) is 2. The van der Waals surface area contributed by atoms with Gasteiger partial charge in [-0.25, -0.2) is 4.68 Å². The number of nitrogens with zero attached hydrogens (tertiary/aromatic N) is 2. The maximum atomic E-state index is 9.94. The zero-order valence-corrected chi connectivity index (χ0v) is 13.7. The zero-order valence-electron chi connectivity index (χ0n) is 12.9. The molecule has 1 aliphatic carbocycles. The molecule has 1 unspecified atom stereocenters. The Bertz CT molecular complexity index is 724. The van der Waals surface area contributed by atoms with E-state index >= 15 is 0 Å². The molecule has 2 fully saturated rings. The highest BCUT2D eigenvalue weighted by molar-refractivity contribution is 6.63. The van der Waals surface area contributed by atoms with Gasteiger partial charge in [-0.15, -0.1) is 0 Å². The Morgan fingerprint density at radius 2 is 2.04 bits per heavy atom. The van der Waals surface area contributed by atoms with Crippen LogP contribution in [0.2, 0.25) is 5.02 Å². The molecule has 2 aromatic rings. The molecule has 0 amide bonds. The van der Waals surface area contributed by atoms with Gasteiger partial charge in [-0.05, 0) is 55.1 Å². The van der Waals surface area contributed by atoms with Crippen molar-refractivity contribution in [3.63, 3.8) is 0 Å². The molecular weight excluding hydrogens is 314 g/mol. The Morgan fingerprint density at radius 1 is 1.22 bits per heavy atom. The summed E-state index contributed by atoms with van der Waals surface area (Å²) in [7, 11) is -1.54. The lowest BCUT2D eigenvalue weighted by atomic mass is 9.68. The monoisotopic (exact) mass is 334 g/mol. The second-order valence-corrected chi connectivity index (χ2v) is 6.94. The van der Waals surface area contributed by atoms with Crippen LogP contribution in [0.15, 0.2) is 12.3 Å². The molecule has 1 saturated heterocycles. The molecule has 0 radical (unpaired) electrons. The Morgan fingerprint density at radius 3 is 2.65 bits per heavy atom. The number of benzene rings is 1. The van der Waals surface area contributed by atoms with Crippen LogP contribution < -0.4 is 5.46 Å². The molecular formula is C16H20BClN2O3. The van der Waals surface area contributed by atoms with Crippen molar-refractivity contribution in [3.8, 4) is 0 Å². The fourth-order valence-electron chi connectivity index (χ4n) is 3.73. The molecule has 23 heavy (non-hydrogen) atoms. The van der Waals surface area contributed by atoms with E-state index in [1.54, 1.807) is 6.20 Å². The third kappa shape index (κ3) is 2.58. The minimum atomic E-state index is -1.54. The predicted octanol–water partition coefficient (Wildman–Crippen LogP) is 2.34. The van der Waals surface area contributed by atoms with Crippen LogP contribution in [0.3, 0.4) is 0 Å². The Kier molecular flexibility index (Phi) is 4.09. The van der Waals surface area contributed by atoms with E-state index in [0.29, 0.717) is 16.4 Å². The lowest BCUT2D eigenvalue weighted by Crippen LogP contribution is -2.36. The highest BCUT2D eigenvalue weighted by Crippen LogP contribution is 2.40. The second-order valence-electron chi connectivity index (χ2n) is 6.53. The van der Waals surface area contributed by atoms with Crippen LogP contribution in [-0.2, 0) is 4.74 Å². The van der Waals surface area contributed by atoms with Gasteiger partial charge in [-0.3, -0.25) is 0 Å². The second kappa shape index (κ2) is 6.09. The minimum absolute atomic E-state index is 0.101. The van der Waals surface area contributed by atoms with Crippen molar-refractivity contribution >= 4 is 35.1 Å². The first-order chi connectivity index (χ1) is 11.2. The van der Waals surface area contributed by atoms with Crippen molar-refractivity contribution in [2.24, 2.45) is 0 Å². The van der Waals surface area contributed by atoms with Gasteiger partial charge in [-0.2, -0.15) is 5.10 Å². The number of fused-ring (bicyclic) bond motifs is 1. The van der Waals surface area contributed by atoms with E-state index in [0.717, 1.165) is 61.6 Å². The Hall–Kier alpha value is -1.08. The zero-order chi connectivity index (χ0) is 16.0. The van der Waals surface area contributed by atoms with Gasteiger partial charge in [0, 0.05) is 17.0 Å². The van der Waals surface area contributed by atoms with Gasteiger partial charge in [0.25, 0.3) is 0 Å².